The molecule has 0 radical (unpaired) electrons. The number of hydrogen-bond acceptors (Lipinski definition) is 3. The summed E-state index contributed by atoms with van der Waals surface area (Å²) in [5, 5.41) is 4.64. The third kappa shape index (κ3) is 3.72. The van der Waals surface area contributed by atoms with Crippen LogP contribution in [0.15, 0.2) is 29.8 Å². The molecular formula is C10H14N2OS. The van der Waals surface area contributed by atoms with Crippen molar-refractivity contribution >= 4 is 17.2 Å². The summed E-state index contributed by atoms with van der Waals surface area (Å²) >= 11 is 1.70. The highest BCUT2D eigenvalue weighted by molar-refractivity contribution is 7.09. The fraction of sp³-hybridized carbons (Fsp3) is 0.300. The highest BCUT2D eigenvalue weighted by Gasteiger charge is 2.02. The van der Waals surface area contributed by atoms with Gasteiger partial charge in [0.2, 0.25) is 5.91 Å². The van der Waals surface area contributed by atoms with Crippen molar-refractivity contribution in [1.82, 2.24) is 5.32 Å². The third-order valence-electron chi connectivity index (χ3n) is 1.66. The lowest BCUT2D eigenvalue weighted by Crippen LogP contribution is -2.35. The van der Waals surface area contributed by atoms with Crippen LogP contribution in [0, 0.1) is 0 Å². The largest absolute Gasteiger partial charge is 0.332 e. The van der Waals surface area contributed by atoms with E-state index in [9.17, 15) is 4.79 Å². The second kappa shape index (κ2) is 5.57. The first-order valence-corrected chi connectivity index (χ1v) is 5.31. The molecule has 3 N–H and O–H groups in total. The number of allylic oxidation sites excluding steroid dienone is 1. The minimum Gasteiger partial charge on any atom is -0.332 e. The molecule has 0 aliphatic carbocycles. The van der Waals surface area contributed by atoms with Crippen LogP contribution in [0.3, 0.4) is 0 Å². The lowest BCUT2D eigenvalue weighted by molar-refractivity contribution is -0.121. The van der Waals surface area contributed by atoms with Gasteiger partial charge in [-0.25, -0.2) is 0 Å². The van der Waals surface area contributed by atoms with Gasteiger partial charge in [0.15, 0.2) is 0 Å². The minimum atomic E-state index is -0.457. The molecule has 1 atom stereocenters. The van der Waals surface area contributed by atoms with Crippen molar-refractivity contribution in [3.63, 3.8) is 0 Å². The molecule has 3 nitrogen and oxygen atoms in total. The molecule has 1 aromatic heterocycles. The Labute approximate surface area is 87.6 Å². The van der Waals surface area contributed by atoms with Crippen LogP contribution in [-0.2, 0) is 11.2 Å². The molecular weight excluding hydrogens is 196 g/mol. The second-order valence-electron chi connectivity index (χ2n) is 2.98. The highest BCUT2D eigenvalue weighted by atomic mass is 32.1. The van der Waals surface area contributed by atoms with Gasteiger partial charge in [0, 0.05) is 17.5 Å². The zero-order chi connectivity index (χ0) is 10.4. The number of nitrogens with two attached hydrogens (primary N) is 1. The first kappa shape index (κ1) is 10.9. The Morgan fingerprint density at radius 1 is 1.79 bits per heavy atom. The van der Waals surface area contributed by atoms with Gasteiger partial charge >= 0.3 is 0 Å². The van der Waals surface area contributed by atoms with Crippen LogP contribution in [0.25, 0.3) is 0 Å². The summed E-state index contributed by atoms with van der Waals surface area (Å²) in [6.45, 7) is 1.66. The van der Waals surface area contributed by atoms with E-state index in [2.05, 4.69) is 11.4 Å². The zero-order valence-corrected chi connectivity index (χ0v) is 8.88. The van der Waals surface area contributed by atoms with Crippen molar-refractivity contribution in [1.29, 1.82) is 0 Å². The van der Waals surface area contributed by atoms with Crippen LogP contribution >= 0.6 is 11.3 Å². The van der Waals surface area contributed by atoms with Crippen LogP contribution < -0.4 is 11.1 Å². The standard InChI is InChI=1S/C10H14N2OS/c1-8(11)10(13)12-6-2-4-9-5-3-7-14-9/h2-3,5-8H,4,11H2,1H3,(H,12,13)/b6-2+. The smallest absolute Gasteiger partial charge is 0.240 e. The third-order valence-corrected chi connectivity index (χ3v) is 2.55. The van der Waals surface area contributed by atoms with Crippen LogP contribution in [0.5, 0.6) is 0 Å². The monoisotopic (exact) mass is 210 g/mol. The number of amides is 1. The number of carbonyl (C=O) groups excluding carboxylic acids is 1. The van der Waals surface area contributed by atoms with Crippen molar-refractivity contribution in [2.24, 2.45) is 5.73 Å². The maximum atomic E-state index is 11.0. The molecule has 1 rings (SSSR count). The maximum absolute atomic E-state index is 11.0. The van der Waals surface area contributed by atoms with E-state index in [4.69, 9.17) is 5.73 Å². The van der Waals surface area contributed by atoms with E-state index in [-0.39, 0.29) is 5.91 Å². The molecule has 0 saturated heterocycles. The average molecular weight is 210 g/mol. The highest BCUT2D eigenvalue weighted by Crippen LogP contribution is 2.08. The molecule has 1 unspecified atom stereocenters. The number of rotatable bonds is 4. The molecule has 0 aliphatic rings. The summed E-state index contributed by atoms with van der Waals surface area (Å²) in [7, 11) is 0. The molecule has 1 amide bonds. The molecule has 4 heteroatoms. The number of carbonyl (C=O) groups is 1. The van der Waals surface area contributed by atoms with E-state index in [0.29, 0.717) is 0 Å². The van der Waals surface area contributed by atoms with Gasteiger partial charge in [-0.3, -0.25) is 4.79 Å². The molecule has 0 saturated carbocycles. The van der Waals surface area contributed by atoms with Crippen LogP contribution in [0.2, 0.25) is 0 Å². The SMILES string of the molecule is CC(N)C(=O)N/C=C/Cc1cccs1. The molecule has 76 valence electrons. The Bertz CT molecular complexity index is 304. The van der Waals surface area contributed by atoms with Crippen LogP contribution in [0.1, 0.15) is 11.8 Å². The molecule has 0 fully saturated rings. The quantitative estimate of drug-likeness (QED) is 0.786. The number of hydrogen-bond donors (Lipinski definition) is 2. The molecule has 1 aromatic rings. The van der Waals surface area contributed by atoms with Crippen LogP contribution in [-0.4, -0.2) is 11.9 Å². The first-order valence-electron chi connectivity index (χ1n) is 4.43. The molecule has 0 aromatic carbocycles. The van der Waals surface area contributed by atoms with Gasteiger partial charge in [-0.1, -0.05) is 12.1 Å². The lowest BCUT2D eigenvalue weighted by Gasteiger charge is -2.01. The Balaban J connectivity index is 2.25. The van der Waals surface area contributed by atoms with E-state index in [1.165, 1.54) is 4.88 Å². The summed E-state index contributed by atoms with van der Waals surface area (Å²) in [5.74, 6) is -0.160. The summed E-state index contributed by atoms with van der Waals surface area (Å²) in [6.07, 6.45) is 4.40. The Morgan fingerprint density at radius 2 is 2.57 bits per heavy atom. The van der Waals surface area contributed by atoms with Gasteiger partial charge in [-0.2, -0.15) is 0 Å². The van der Waals surface area contributed by atoms with Gasteiger partial charge < -0.3 is 11.1 Å². The van der Waals surface area contributed by atoms with Crippen molar-refractivity contribution in [2.75, 3.05) is 0 Å². The zero-order valence-electron chi connectivity index (χ0n) is 8.07. The fourth-order valence-electron chi connectivity index (χ4n) is 0.876. The van der Waals surface area contributed by atoms with Crippen LogP contribution in [0.4, 0.5) is 0 Å². The van der Waals surface area contributed by atoms with Gasteiger partial charge in [0.1, 0.15) is 0 Å². The van der Waals surface area contributed by atoms with Gasteiger partial charge in [0.05, 0.1) is 6.04 Å². The van der Waals surface area contributed by atoms with Gasteiger partial charge in [0.25, 0.3) is 0 Å². The van der Waals surface area contributed by atoms with E-state index in [1.807, 2.05) is 17.5 Å². The summed E-state index contributed by atoms with van der Waals surface area (Å²) in [4.78, 5) is 12.3. The van der Waals surface area contributed by atoms with E-state index in [0.717, 1.165) is 6.42 Å². The predicted octanol–water partition coefficient (Wildman–Crippen LogP) is 1.27. The van der Waals surface area contributed by atoms with E-state index in [1.54, 1.807) is 24.5 Å². The molecule has 0 spiro atoms. The number of thiophene rings is 1. The summed E-state index contributed by atoms with van der Waals surface area (Å²) in [6, 6.07) is 3.61. The normalized spacial score (nSPS) is 13.0. The maximum Gasteiger partial charge on any atom is 0.240 e. The van der Waals surface area contributed by atoms with E-state index >= 15 is 0 Å². The Kier molecular flexibility index (Phi) is 4.35. The molecule has 0 bridgehead atoms. The topological polar surface area (TPSA) is 55.1 Å². The summed E-state index contributed by atoms with van der Waals surface area (Å²) in [5.41, 5.74) is 5.37. The van der Waals surface area contributed by atoms with Crippen molar-refractivity contribution in [3.05, 3.63) is 34.7 Å². The fourth-order valence-corrected chi connectivity index (χ4v) is 1.56. The molecule has 14 heavy (non-hydrogen) atoms. The predicted molar refractivity (Wildman–Crippen MR) is 59.0 cm³/mol. The van der Waals surface area contributed by atoms with Crippen molar-refractivity contribution in [2.45, 2.75) is 19.4 Å². The second-order valence-corrected chi connectivity index (χ2v) is 4.02. The Hall–Kier alpha value is -1.13. The van der Waals surface area contributed by atoms with E-state index < -0.39 is 6.04 Å². The Morgan fingerprint density at radius 3 is 3.14 bits per heavy atom. The minimum absolute atomic E-state index is 0.160. The van der Waals surface area contributed by atoms with Gasteiger partial charge in [-0.05, 0) is 18.4 Å². The number of nitrogens with one attached hydrogen (secondary N) is 1. The molecule has 1 heterocycles. The average Bonchev–Trinajstić information content (AvgIpc) is 2.64. The summed E-state index contributed by atoms with van der Waals surface area (Å²) < 4.78 is 0. The van der Waals surface area contributed by atoms with Crippen molar-refractivity contribution in [3.8, 4) is 0 Å². The first-order chi connectivity index (χ1) is 6.70. The van der Waals surface area contributed by atoms with Gasteiger partial charge in [-0.15, -0.1) is 11.3 Å². The molecule has 0 aliphatic heterocycles. The lowest BCUT2D eigenvalue weighted by atomic mass is 10.3. The van der Waals surface area contributed by atoms with Crippen molar-refractivity contribution < 1.29 is 4.79 Å².